The number of ether oxygens (including phenoxy) is 1. The van der Waals surface area contributed by atoms with Crippen molar-refractivity contribution in [1.82, 2.24) is 5.32 Å². The SMILES string of the molecule is CC(C)NCC1CCC(CN2c3ccccc3CC2C)O1. The maximum atomic E-state index is 6.23. The molecule has 3 atom stereocenters. The first-order valence-corrected chi connectivity index (χ1v) is 8.37. The van der Waals surface area contributed by atoms with Gasteiger partial charge in [0.05, 0.1) is 12.2 Å². The van der Waals surface area contributed by atoms with Gasteiger partial charge in [0.1, 0.15) is 0 Å². The van der Waals surface area contributed by atoms with Gasteiger partial charge in [-0.25, -0.2) is 0 Å². The maximum absolute atomic E-state index is 6.23. The Balaban J connectivity index is 1.56. The number of benzene rings is 1. The van der Waals surface area contributed by atoms with E-state index in [1.807, 2.05) is 0 Å². The molecule has 1 aromatic carbocycles. The lowest BCUT2D eigenvalue weighted by Crippen LogP contribution is -2.37. The Kier molecular flexibility index (Phi) is 4.51. The van der Waals surface area contributed by atoms with Crippen LogP contribution in [0.1, 0.15) is 39.2 Å². The molecule has 2 heterocycles. The van der Waals surface area contributed by atoms with Crippen molar-refractivity contribution in [1.29, 1.82) is 0 Å². The van der Waals surface area contributed by atoms with E-state index in [0.717, 1.165) is 13.1 Å². The van der Waals surface area contributed by atoms with E-state index >= 15 is 0 Å². The summed E-state index contributed by atoms with van der Waals surface area (Å²) >= 11 is 0. The predicted octanol–water partition coefficient (Wildman–Crippen LogP) is 2.98. The first kappa shape index (κ1) is 14.9. The average molecular weight is 288 g/mol. The molecule has 2 aliphatic heterocycles. The molecule has 1 fully saturated rings. The highest BCUT2D eigenvalue weighted by Crippen LogP contribution is 2.33. The molecule has 1 saturated heterocycles. The zero-order valence-electron chi connectivity index (χ0n) is 13.5. The number of hydrogen-bond acceptors (Lipinski definition) is 3. The first-order chi connectivity index (χ1) is 10.1. The highest BCUT2D eigenvalue weighted by Gasteiger charge is 2.31. The van der Waals surface area contributed by atoms with Gasteiger partial charge in [-0.05, 0) is 37.8 Å². The third-order valence-electron chi connectivity index (χ3n) is 4.70. The van der Waals surface area contributed by atoms with Crippen molar-refractivity contribution >= 4 is 5.69 Å². The Morgan fingerprint density at radius 2 is 2.00 bits per heavy atom. The second-order valence-corrected chi connectivity index (χ2v) is 6.85. The van der Waals surface area contributed by atoms with E-state index in [4.69, 9.17) is 4.74 Å². The molecule has 0 spiro atoms. The molecule has 0 aromatic heterocycles. The van der Waals surface area contributed by atoms with Gasteiger partial charge in [-0.2, -0.15) is 0 Å². The standard InChI is InChI=1S/C18H28N2O/c1-13(2)19-11-16-8-9-17(21-16)12-20-14(3)10-15-6-4-5-7-18(15)20/h4-7,13-14,16-17,19H,8-12H2,1-3H3. The van der Waals surface area contributed by atoms with Crippen LogP contribution >= 0.6 is 0 Å². The van der Waals surface area contributed by atoms with Crippen LogP contribution < -0.4 is 10.2 Å². The van der Waals surface area contributed by atoms with Crippen molar-refractivity contribution in [2.24, 2.45) is 0 Å². The molecule has 1 N–H and O–H groups in total. The lowest BCUT2D eigenvalue weighted by atomic mass is 10.1. The normalized spacial score (nSPS) is 28.4. The fourth-order valence-corrected chi connectivity index (χ4v) is 3.56. The zero-order valence-corrected chi connectivity index (χ0v) is 13.5. The van der Waals surface area contributed by atoms with Crippen LogP contribution in [0.25, 0.3) is 0 Å². The predicted molar refractivity (Wildman–Crippen MR) is 88.0 cm³/mol. The molecule has 3 nitrogen and oxygen atoms in total. The van der Waals surface area contributed by atoms with Gasteiger partial charge >= 0.3 is 0 Å². The number of nitrogens with one attached hydrogen (secondary N) is 1. The van der Waals surface area contributed by atoms with Crippen molar-refractivity contribution in [3.8, 4) is 0 Å². The maximum Gasteiger partial charge on any atom is 0.0755 e. The third-order valence-corrected chi connectivity index (χ3v) is 4.70. The Labute approximate surface area is 128 Å². The molecule has 2 aliphatic rings. The van der Waals surface area contributed by atoms with E-state index < -0.39 is 0 Å². The van der Waals surface area contributed by atoms with Crippen molar-refractivity contribution in [3.05, 3.63) is 29.8 Å². The second kappa shape index (κ2) is 6.37. The van der Waals surface area contributed by atoms with Crippen molar-refractivity contribution in [2.75, 3.05) is 18.0 Å². The summed E-state index contributed by atoms with van der Waals surface area (Å²) in [7, 11) is 0. The van der Waals surface area contributed by atoms with Crippen LogP contribution in [0, 0.1) is 0 Å². The Morgan fingerprint density at radius 3 is 2.81 bits per heavy atom. The molecule has 0 radical (unpaired) electrons. The minimum atomic E-state index is 0.387. The Bertz CT molecular complexity index is 474. The third kappa shape index (κ3) is 3.41. The van der Waals surface area contributed by atoms with Gasteiger partial charge in [-0.15, -0.1) is 0 Å². The molecule has 0 aliphatic carbocycles. The summed E-state index contributed by atoms with van der Waals surface area (Å²) in [4.78, 5) is 2.54. The van der Waals surface area contributed by atoms with Gasteiger partial charge in [0.2, 0.25) is 0 Å². The molecule has 3 unspecified atom stereocenters. The summed E-state index contributed by atoms with van der Waals surface area (Å²) in [6.07, 6.45) is 4.33. The number of fused-ring (bicyclic) bond motifs is 1. The average Bonchev–Trinajstić information content (AvgIpc) is 3.02. The summed E-state index contributed by atoms with van der Waals surface area (Å²) in [6.45, 7) is 8.73. The number of anilines is 1. The molecule has 0 bridgehead atoms. The second-order valence-electron chi connectivity index (χ2n) is 6.85. The highest BCUT2D eigenvalue weighted by atomic mass is 16.5. The van der Waals surface area contributed by atoms with Crippen LogP contribution in [0.4, 0.5) is 5.69 Å². The first-order valence-electron chi connectivity index (χ1n) is 8.37. The topological polar surface area (TPSA) is 24.5 Å². The molecule has 21 heavy (non-hydrogen) atoms. The number of hydrogen-bond donors (Lipinski definition) is 1. The molecular weight excluding hydrogens is 260 g/mol. The highest BCUT2D eigenvalue weighted by molar-refractivity contribution is 5.59. The van der Waals surface area contributed by atoms with Crippen LogP contribution in [0.5, 0.6) is 0 Å². The smallest absolute Gasteiger partial charge is 0.0755 e. The van der Waals surface area contributed by atoms with Crippen LogP contribution in [0.15, 0.2) is 24.3 Å². The van der Waals surface area contributed by atoms with Gasteiger partial charge in [0.25, 0.3) is 0 Å². The molecule has 0 saturated carbocycles. The van der Waals surface area contributed by atoms with E-state index in [0.29, 0.717) is 24.3 Å². The molecule has 116 valence electrons. The molecule has 1 aromatic rings. The fourth-order valence-electron chi connectivity index (χ4n) is 3.56. The van der Waals surface area contributed by atoms with Crippen LogP contribution in [-0.4, -0.2) is 37.4 Å². The van der Waals surface area contributed by atoms with Crippen LogP contribution in [0.2, 0.25) is 0 Å². The largest absolute Gasteiger partial charge is 0.372 e. The van der Waals surface area contributed by atoms with E-state index in [-0.39, 0.29) is 0 Å². The van der Waals surface area contributed by atoms with Crippen molar-refractivity contribution < 1.29 is 4.74 Å². The molecule has 0 amide bonds. The van der Waals surface area contributed by atoms with Crippen molar-refractivity contribution in [3.63, 3.8) is 0 Å². The van der Waals surface area contributed by atoms with Gasteiger partial charge in [-0.1, -0.05) is 32.0 Å². The summed E-state index contributed by atoms with van der Waals surface area (Å²) in [5.41, 5.74) is 2.90. The van der Waals surface area contributed by atoms with Crippen LogP contribution in [-0.2, 0) is 11.2 Å². The zero-order chi connectivity index (χ0) is 14.8. The van der Waals surface area contributed by atoms with Gasteiger partial charge in [-0.3, -0.25) is 0 Å². The number of nitrogens with zero attached hydrogens (tertiary/aromatic N) is 1. The lowest BCUT2D eigenvalue weighted by molar-refractivity contribution is 0.0478. The van der Waals surface area contributed by atoms with E-state index in [1.165, 1.54) is 30.5 Å². The summed E-state index contributed by atoms with van der Waals surface area (Å²) < 4.78 is 6.23. The fraction of sp³-hybridized carbons (Fsp3) is 0.667. The van der Waals surface area contributed by atoms with Gasteiger partial charge in [0.15, 0.2) is 0 Å². The lowest BCUT2D eigenvalue weighted by Gasteiger charge is -2.28. The van der Waals surface area contributed by atoms with E-state index in [9.17, 15) is 0 Å². The molecule has 3 rings (SSSR count). The summed E-state index contributed by atoms with van der Waals surface area (Å²) in [5.74, 6) is 0. The Hall–Kier alpha value is -1.06. The summed E-state index contributed by atoms with van der Waals surface area (Å²) in [6, 6.07) is 9.95. The van der Waals surface area contributed by atoms with Gasteiger partial charge < -0.3 is 15.0 Å². The quantitative estimate of drug-likeness (QED) is 0.901. The van der Waals surface area contributed by atoms with E-state index in [1.54, 1.807) is 0 Å². The Morgan fingerprint density at radius 1 is 1.24 bits per heavy atom. The summed E-state index contributed by atoms with van der Waals surface area (Å²) in [5, 5.41) is 3.49. The number of rotatable bonds is 5. The monoisotopic (exact) mass is 288 g/mol. The van der Waals surface area contributed by atoms with E-state index in [2.05, 4.69) is 55.3 Å². The van der Waals surface area contributed by atoms with Gasteiger partial charge in [0, 0.05) is 30.9 Å². The van der Waals surface area contributed by atoms with Crippen molar-refractivity contribution in [2.45, 2.75) is 64.3 Å². The number of para-hydroxylation sites is 1. The molecular formula is C18H28N2O. The van der Waals surface area contributed by atoms with Crippen LogP contribution in [0.3, 0.4) is 0 Å². The minimum absolute atomic E-state index is 0.387. The molecule has 3 heteroatoms. The minimum Gasteiger partial charge on any atom is -0.372 e.